The van der Waals surface area contributed by atoms with Crippen molar-refractivity contribution in [2.75, 3.05) is 11.9 Å². The van der Waals surface area contributed by atoms with Crippen molar-refractivity contribution in [2.45, 2.75) is 20.0 Å². The Bertz CT molecular complexity index is 849. The van der Waals surface area contributed by atoms with Gasteiger partial charge < -0.3 is 10.4 Å². The Hall–Kier alpha value is -2.80. The topological polar surface area (TPSA) is 75.9 Å². The molecule has 0 radical (unpaired) electrons. The first-order valence-electron chi connectivity index (χ1n) is 7.56. The van der Waals surface area contributed by atoms with E-state index in [4.69, 9.17) is 0 Å². The largest absolute Gasteiger partial charge is 0.387 e. The summed E-state index contributed by atoms with van der Waals surface area (Å²) in [4.78, 5) is 8.59. The van der Waals surface area contributed by atoms with Gasteiger partial charge in [0.05, 0.1) is 24.2 Å². The molecule has 2 heterocycles. The van der Waals surface area contributed by atoms with Crippen LogP contribution in [0.1, 0.15) is 23.1 Å². The second kappa shape index (κ2) is 6.76. The van der Waals surface area contributed by atoms with Crippen molar-refractivity contribution in [3.63, 3.8) is 0 Å². The van der Waals surface area contributed by atoms with Gasteiger partial charge in [0.2, 0.25) is 0 Å². The van der Waals surface area contributed by atoms with Gasteiger partial charge in [-0.25, -0.2) is 14.1 Å². The van der Waals surface area contributed by atoms with Crippen LogP contribution >= 0.6 is 0 Å². The molecular formula is C17H18FN5O. The summed E-state index contributed by atoms with van der Waals surface area (Å²) in [7, 11) is 0. The average molecular weight is 327 g/mol. The van der Waals surface area contributed by atoms with E-state index in [2.05, 4.69) is 20.4 Å². The van der Waals surface area contributed by atoms with Crippen LogP contribution < -0.4 is 5.32 Å². The highest BCUT2D eigenvalue weighted by molar-refractivity contribution is 5.37. The van der Waals surface area contributed by atoms with Crippen molar-refractivity contribution in [2.24, 2.45) is 0 Å². The van der Waals surface area contributed by atoms with Gasteiger partial charge in [0, 0.05) is 12.2 Å². The number of rotatable bonds is 5. The molecule has 124 valence electrons. The summed E-state index contributed by atoms with van der Waals surface area (Å²) in [5.74, 6) is 0.721. The zero-order valence-corrected chi connectivity index (χ0v) is 13.4. The maximum Gasteiger partial charge on any atom is 0.174 e. The molecule has 0 unspecified atom stereocenters. The van der Waals surface area contributed by atoms with Gasteiger partial charge in [-0.1, -0.05) is 12.1 Å². The molecule has 1 aromatic carbocycles. The Morgan fingerprint density at radius 1 is 1.25 bits per heavy atom. The Kier molecular flexibility index (Phi) is 4.52. The molecule has 0 spiro atoms. The monoisotopic (exact) mass is 327 g/mol. The first-order chi connectivity index (χ1) is 11.5. The third-order valence-corrected chi connectivity index (χ3v) is 3.56. The van der Waals surface area contributed by atoms with Gasteiger partial charge in [0.25, 0.3) is 0 Å². The molecule has 0 saturated heterocycles. The van der Waals surface area contributed by atoms with Crippen LogP contribution in [-0.4, -0.2) is 31.4 Å². The van der Waals surface area contributed by atoms with Gasteiger partial charge >= 0.3 is 0 Å². The van der Waals surface area contributed by atoms with Crippen molar-refractivity contribution >= 4 is 5.82 Å². The normalized spacial score (nSPS) is 12.2. The molecule has 2 N–H and O–H groups in total. The van der Waals surface area contributed by atoms with E-state index in [1.807, 2.05) is 19.9 Å². The highest BCUT2D eigenvalue weighted by Gasteiger charge is 2.10. The second-order valence-electron chi connectivity index (χ2n) is 5.55. The smallest absolute Gasteiger partial charge is 0.174 e. The van der Waals surface area contributed by atoms with Crippen molar-refractivity contribution < 1.29 is 9.50 Å². The van der Waals surface area contributed by atoms with Crippen LogP contribution in [0.2, 0.25) is 0 Å². The maximum atomic E-state index is 13.2. The quantitative estimate of drug-likeness (QED) is 0.753. The molecule has 2 aromatic heterocycles. The fraction of sp³-hybridized carbons (Fsp3) is 0.235. The van der Waals surface area contributed by atoms with Gasteiger partial charge in [-0.2, -0.15) is 5.10 Å². The summed E-state index contributed by atoms with van der Waals surface area (Å²) in [5.41, 5.74) is 2.36. The van der Waals surface area contributed by atoms with Crippen molar-refractivity contribution in [3.05, 3.63) is 65.5 Å². The first kappa shape index (κ1) is 16.1. The summed E-state index contributed by atoms with van der Waals surface area (Å²) < 4.78 is 14.9. The van der Waals surface area contributed by atoms with Gasteiger partial charge in [-0.05, 0) is 37.6 Å². The standard InChI is InChI=1S/C17H18FN5O/c1-11-6-12(2)23(22-11)17-10-19-9-16(21-17)20-8-15(24)13-4-3-5-14(18)7-13/h3-7,9-10,15,24H,8H2,1-2H3,(H,20,21)/t15-/m0/s1. The van der Waals surface area contributed by atoms with Gasteiger partial charge in [-0.15, -0.1) is 0 Å². The summed E-state index contributed by atoms with van der Waals surface area (Å²) in [6.45, 7) is 4.04. The second-order valence-corrected chi connectivity index (χ2v) is 5.55. The minimum absolute atomic E-state index is 0.193. The molecule has 3 aromatic rings. The number of aliphatic hydroxyl groups excluding tert-OH is 1. The van der Waals surface area contributed by atoms with E-state index in [0.29, 0.717) is 17.2 Å². The minimum Gasteiger partial charge on any atom is -0.387 e. The van der Waals surface area contributed by atoms with E-state index < -0.39 is 6.10 Å². The predicted octanol–water partition coefficient (Wildman–Crippen LogP) is 2.56. The average Bonchev–Trinajstić information content (AvgIpc) is 2.91. The molecule has 0 aliphatic rings. The SMILES string of the molecule is Cc1cc(C)n(-c2cncc(NC[C@H](O)c3cccc(F)c3)n2)n1. The number of nitrogens with zero attached hydrogens (tertiary/aromatic N) is 4. The molecule has 0 aliphatic carbocycles. The van der Waals surface area contributed by atoms with Gasteiger partial charge in [0.15, 0.2) is 5.82 Å². The summed E-state index contributed by atoms with van der Waals surface area (Å²) in [6, 6.07) is 7.84. The fourth-order valence-electron chi connectivity index (χ4n) is 2.44. The number of aryl methyl sites for hydroxylation is 2. The molecule has 1 atom stereocenters. The summed E-state index contributed by atoms with van der Waals surface area (Å²) in [5, 5.41) is 17.5. The third kappa shape index (κ3) is 3.57. The lowest BCUT2D eigenvalue weighted by Gasteiger charge is -2.13. The number of hydrogen-bond donors (Lipinski definition) is 2. The molecule has 0 aliphatic heterocycles. The molecule has 0 amide bonds. The lowest BCUT2D eigenvalue weighted by Crippen LogP contribution is -2.14. The highest BCUT2D eigenvalue weighted by Crippen LogP contribution is 2.16. The summed E-state index contributed by atoms with van der Waals surface area (Å²) in [6.07, 6.45) is 2.33. The fourth-order valence-corrected chi connectivity index (χ4v) is 2.44. The minimum atomic E-state index is -0.847. The number of aliphatic hydroxyl groups is 1. The van der Waals surface area contributed by atoms with E-state index in [1.165, 1.54) is 12.1 Å². The number of anilines is 1. The molecule has 0 fully saturated rings. The van der Waals surface area contributed by atoms with Crippen LogP contribution in [0.25, 0.3) is 5.82 Å². The Morgan fingerprint density at radius 3 is 2.79 bits per heavy atom. The van der Waals surface area contributed by atoms with Crippen molar-refractivity contribution in [1.29, 1.82) is 0 Å². The van der Waals surface area contributed by atoms with Crippen molar-refractivity contribution in [3.8, 4) is 5.82 Å². The number of halogens is 1. The van der Waals surface area contributed by atoms with E-state index >= 15 is 0 Å². The zero-order valence-electron chi connectivity index (χ0n) is 13.4. The third-order valence-electron chi connectivity index (χ3n) is 3.56. The van der Waals surface area contributed by atoms with E-state index in [9.17, 15) is 9.50 Å². The molecular weight excluding hydrogens is 309 g/mol. The van der Waals surface area contributed by atoms with Crippen molar-refractivity contribution in [1.82, 2.24) is 19.7 Å². The number of nitrogens with one attached hydrogen (secondary N) is 1. The van der Waals surface area contributed by atoms with Gasteiger partial charge in [0.1, 0.15) is 11.6 Å². The summed E-state index contributed by atoms with van der Waals surface area (Å²) >= 11 is 0. The van der Waals surface area contributed by atoms with Crippen LogP contribution in [0.4, 0.5) is 10.2 Å². The highest BCUT2D eigenvalue weighted by atomic mass is 19.1. The van der Waals surface area contributed by atoms with Gasteiger partial charge in [-0.3, -0.25) is 4.98 Å². The van der Waals surface area contributed by atoms with Crippen LogP contribution in [0.3, 0.4) is 0 Å². The number of aromatic nitrogens is 4. The lowest BCUT2D eigenvalue weighted by molar-refractivity contribution is 0.191. The maximum absolute atomic E-state index is 13.2. The van der Waals surface area contributed by atoms with Crippen LogP contribution in [0, 0.1) is 19.7 Å². The van der Waals surface area contributed by atoms with E-state index in [-0.39, 0.29) is 12.4 Å². The first-order valence-corrected chi connectivity index (χ1v) is 7.56. The Morgan fingerprint density at radius 2 is 2.08 bits per heavy atom. The lowest BCUT2D eigenvalue weighted by atomic mass is 10.1. The zero-order chi connectivity index (χ0) is 17.1. The molecule has 3 rings (SSSR count). The molecule has 0 bridgehead atoms. The van der Waals surface area contributed by atoms with Crippen LogP contribution in [-0.2, 0) is 0 Å². The van der Waals surface area contributed by atoms with E-state index in [0.717, 1.165) is 11.4 Å². The molecule has 24 heavy (non-hydrogen) atoms. The number of benzene rings is 1. The predicted molar refractivity (Wildman–Crippen MR) is 88.5 cm³/mol. The Labute approximate surface area is 139 Å². The molecule has 6 nitrogen and oxygen atoms in total. The molecule has 7 heteroatoms. The van der Waals surface area contributed by atoms with E-state index in [1.54, 1.807) is 29.2 Å². The Balaban J connectivity index is 1.72. The van der Waals surface area contributed by atoms with Crippen LogP contribution in [0.15, 0.2) is 42.7 Å². The number of hydrogen-bond acceptors (Lipinski definition) is 5. The van der Waals surface area contributed by atoms with Crippen LogP contribution in [0.5, 0.6) is 0 Å². The molecule has 0 saturated carbocycles.